The summed E-state index contributed by atoms with van der Waals surface area (Å²) in [5, 5.41) is 8.69. The van der Waals surface area contributed by atoms with E-state index in [-0.39, 0.29) is 18.8 Å². The lowest BCUT2D eigenvalue weighted by molar-refractivity contribution is 0.295. The number of hydrogen-bond acceptors (Lipinski definition) is 4. The van der Waals surface area contributed by atoms with Crippen molar-refractivity contribution in [2.45, 2.75) is 6.42 Å². The topological polar surface area (TPSA) is 75.6 Å². The van der Waals surface area contributed by atoms with Crippen LogP contribution < -0.4 is 9.46 Å². The van der Waals surface area contributed by atoms with Gasteiger partial charge in [-0.2, -0.15) is 0 Å². The summed E-state index contributed by atoms with van der Waals surface area (Å²) in [4.78, 5) is 0. The summed E-state index contributed by atoms with van der Waals surface area (Å²) in [6, 6.07) is 16.0. The van der Waals surface area contributed by atoms with Crippen LogP contribution in [-0.4, -0.2) is 25.9 Å². The average molecular weight is 307 g/mol. The molecule has 21 heavy (non-hydrogen) atoms. The number of ether oxygens (including phenoxy) is 1. The molecule has 2 aromatic rings. The third-order valence-electron chi connectivity index (χ3n) is 2.66. The van der Waals surface area contributed by atoms with Gasteiger partial charge in [0.05, 0.1) is 11.4 Å². The second-order valence-electron chi connectivity index (χ2n) is 4.44. The van der Waals surface area contributed by atoms with Gasteiger partial charge in [0.2, 0.25) is 10.0 Å². The normalized spacial score (nSPS) is 11.1. The summed E-state index contributed by atoms with van der Waals surface area (Å²) in [6.45, 7) is -0.155. The number of sulfonamides is 1. The first-order valence-corrected chi connectivity index (χ1v) is 8.18. The molecule has 0 aliphatic rings. The molecule has 0 aliphatic carbocycles. The van der Waals surface area contributed by atoms with Crippen LogP contribution >= 0.6 is 0 Å². The highest BCUT2D eigenvalue weighted by Gasteiger charge is 2.10. The van der Waals surface area contributed by atoms with Gasteiger partial charge in [-0.1, -0.05) is 24.3 Å². The molecular weight excluding hydrogens is 290 g/mol. The Balaban J connectivity index is 2.07. The van der Waals surface area contributed by atoms with Crippen molar-refractivity contribution >= 4 is 15.7 Å². The van der Waals surface area contributed by atoms with Gasteiger partial charge in [0.15, 0.2) is 0 Å². The van der Waals surface area contributed by atoms with Gasteiger partial charge in [0, 0.05) is 12.7 Å². The minimum absolute atomic E-state index is 0.118. The Labute approximate surface area is 124 Å². The van der Waals surface area contributed by atoms with E-state index in [1.165, 1.54) is 0 Å². The zero-order chi connectivity index (χ0) is 15.1. The molecule has 2 rings (SSSR count). The van der Waals surface area contributed by atoms with Crippen LogP contribution in [0.5, 0.6) is 11.5 Å². The highest BCUT2D eigenvalue weighted by atomic mass is 32.2. The number of rotatable bonds is 7. The molecule has 0 bridgehead atoms. The van der Waals surface area contributed by atoms with E-state index in [2.05, 4.69) is 4.72 Å². The van der Waals surface area contributed by atoms with Gasteiger partial charge in [-0.25, -0.2) is 8.42 Å². The molecule has 5 nitrogen and oxygen atoms in total. The molecule has 0 heterocycles. The summed E-state index contributed by atoms with van der Waals surface area (Å²) in [7, 11) is -3.45. The van der Waals surface area contributed by atoms with Crippen LogP contribution in [0.2, 0.25) is 0 Å². The van der Waals surface area contributed by atoms with Crippen LogP contribution in [0, 0.1) is 0 Å². The van der Waals surface area contributed by atoms with Crippen molar-refractivity contribution in [2.24, 2.45) is 0 Å². The first kappa shape index (κ1) is 15.3. The fourth-order valence-electron chi connectivity index (χ4n) is 1.73. The van der Waals surface area contributed by atoms with E-state index in [0.717, 1.165) is 0 Å². The van der Waals surface area contributed by atoms with Gasteiger partial charge >= 0.3 is 0 Å². The third kappa shape index (κ3) is 5.09. The lowest BCUT2D eigenvalue weighted by Crippen LogP contribution is -2.17. The van der Waals surface area contributed by atoms with Crippen molar-refractivity contribution in [3.63, 3.8) is 0 Å². The van der Waals surface area contributed by atoms with E-state index in [1.807, 2.05) is 30.3 Å². The molecule has 0 fully saturated rings. The van der Waals surface area contributed by atoms with Crippen molar-refractivity contribution in [1.29, 1.82) is 0 Å². The highest BCUT2D eigenvalue weighted by Crippen LogP contribution is 2.24. The number of anilines is 1. The van der Waals surface area contributed by atoms with Crippen LogP contribution in [0.3, 0.4) is 0 Å². The molecule has 0 saturated carbocycles. The van der Waals surface area contributed by atoms with Crippen molar-refractivity contribution < 1.29 is 18.3 Å². The SMILES string of the molecule is O=S(=O)(CCCO)Nc1cccc(Oc2ccccc2)c1. The molecule has 112 valence electrons. The summed E-state index contributed by atoms with van der Waals surface area (Å²) in [6.07, 6.45) is 0.204. The molecule has 0 amide bonds. The summed E-state index contributed by atoms with van der Waals surface area (Å²) in [5.74, 6) is 1.11. The third-order valence-corrected chi connectivity index (χ3v) is 4.03. The number of benzene rings is 2. The van der Waals surface area contributed by atoms with Crippen molar-refractivity contribution in [3.05, 3.63) is 54.6 Å². The molecule has 0 spiro atoms. The molecule has 0 unspecified atom stereocenters. The smallest absolute Gasteiger partial charge is 0.232 e. The molecule has 0 aromatic heterocycles. The zero-order valence-electron chi connectivity index (χ0n) is 11.4. The van der Waals surface area contributed by atoms with Crippen LogP contribution in [0.15, 0.2) is 54.6 Å². The molecule has 0 aliphatic heterocycles. The van der Waals surface area contributed by atoms with Crippen LogP contribution in [0.25, 0.3) is 0 Å². The maximum Gasteiger partial charge on any atom is 0.232 e. The fraction of sp³-hybridized carbons (Fsp3) is 0.200. The number of aliphatic hydroxyl groups excluding tert-OH is 1. The largest absolute Gasteiger partial charge is 0.457 e. The number of para-hydroxylation sites is 1. The number of nitrogens with one attached hydrogen (secondary N) is 1. The quantitative estimate of drug-likeness (QED) is 0.824. The Morgan fingerprint density at radius 1 is 1.00 bits per heavy atom. The highest BCUT2D eigenvalue weighted by molar-refractivity contribution is 7.92. The Kier molecular flexibility index (Phi) is 5.19. The van der Waals surface area contributed by atoms with E-state index in [9.17, 15) is 8.42 Å². The van der Waals surface area contributed by atoms with Crippen LogP contribution in [0.4, 0.5) is 5.69 Å². The monoisotopic (exact) mass is 307 g/mol. The van der Waals surface area contributed by atoms with Crippen molar-refractivity contribution in [1.82, 2.24) is 0 Å². The molecule has 0 atom stereocenters. The maximum absolute atomic E-state index is 11.8. The summed E-state index contributed by atoms with van der Waals surface area (Å²) >= 11 is 0. The second kappa shape index (κ2) is 7.10. The van der Waals surface area contributed by atoms with Gasteiger partial charge in [-0.05, 0) is 30.7 Å². The average Bonchev–Trinajstić information content (AvgIpc) is 2.46. The maximum atomic E-state index is 11.8. The first-order chi connectivity index (χ1) is 10.1. The summed E-state index contributed by atoms with van der Waals surface area (Å²) < 4.78 is 31.6. The fourth-order valence-corrected chi connectivity index (χ4v) is 2.83. The van der Waals surface area contributed by atoms with E-state index >= 15 is 0 Å². The minimum Gasteiger partial charge on any atom is -0.457 e. The van der Waals surface area contributed by atoms with Crippen LogP contribution in [0.1, 0.15) is 6.42 Å². The van der Waals surface area contributed by atoms with Gasteiger partial charge in [0.1, 0.15) is 11.5 Å². The Hall–Kier alpha value is -2.05. The lowest BCUT2D eigenvalue weighted by Gasteiger charge is -2.10. The van der Waals surface area contributed by atoms with E-state index < -0.39 is 10.0 Å². The van der Waals surface area contributed by atoms with Crippen LogP contribution in [-0.2, 0) is 10.0 Å². The predicted octanol–water partition coefficient (Wildman–Crippen LogP) is 2.60. The zero-order valence-corrected chi connectivity index (χ0v) is 12.2. The van der Waals surface area contributed by atoms with E-state index in [1.54, 1.807) is 24.3 Å². The second-order valence-corrected chi connectivity index (χ2v) is 6.28. The molecule has 2 N–H and O–H groups in total. The Morgan fingerprint density at radius 2 is 1.71 bits per heavy atom. The molecule has 2 aromatic carbocycles. The Bertz CT molecular complexity index is 671. The number of aliphatic hydroxyl groups is 1. The molecule has 0 saturated heterocycles. The standard InChI is InChI=1S/C15H17NO4S/c17-10-5-11-21(18,19)16-13-6-4-9-15(12-13)20-14-7-2-1-3-8-14/h1-4,6-9,12,16-17H,5,10-11H2. The first-order valence-electron chi connectivity index (χ1n) is 6.53. The molecule has 0 radical (unpaired) electrons. The van der Waals surface area contributed by atoms with Gasteiger partial charge < -0.3 is 9.84 Å². The van der Waals surface area contributed by atoms with E-state index in [0.29, 0.717) is 17.2 Å². The van der Waals surface area contributed by atoms with Gasteiger partial charge in [0.25, 0.3) is 0 Å². The lowest BCUT2D eigenvalue weighted by atomic mass is 10.3. The van der Waals surface area contributed by atoms with Gasteiger partial charge in [-0.15, -0.1) is 0 Å². The summed E-state index contributed by atoms with van der Waals surface area (Å²) in [5.41, 5.74) is 0.432. The minimum atomic E-state index is -3.45. The van der Waals surface area contributed by atoms with Crippen molar-refractivity contribution in [2.75, 3.05) is 17.1 Å². The number of hydrogen-bond donors (Lipinski definition) is 2. The van der Waals surface area contributed by atoms with E-state index in [4.69, 9.17) is 9.84 Å². The van der Waals surface area contributed by atoms with Crippen molar-refractivity contribution in [3.8, 4) is 11.5 Å². The van der Waals surface area contributed by atoms with Gasteiger partial charge in [-0.3, -0.25) is 4.72 Å². The molecular formula is C15H17NO4S. The predicted molar refractivity (Wildman–Crippen MR) is 82.1 cm³/mol. The molecule has 6 heteroatoms. The Morgan fingerprint density at radius 3 is 2.43 bits per heavy atom.